The van der Waals surface area contributed by atoms with E-state index < -0.39 is 6.04 Å². The first-order chi connectivity index (χ1) is 9.93. The smallest absolute Gasteiger partial charge is 0.251 e. The summed E-state index contributed by atoms with van der Waals surface area (Å²) in [5.41, 5.74) is 1.54. The first kappa shape index (κ1) is 17.2. The van der Waals surface area contributed by atoms with Crippen molar-refractivity contribution in [2.24, 2.45) is 0 Å². The number of carbonyl (C=O) groups is 2. The summed E-state index contributed by atoms with van der Waals surface area (Å²) in [4.78, 5) is 24.0. The zero-order valence-electron chi connectivity index (χ0n) is 12.8. The number of carbonyl (C=O) groups excluding carboxylic acids is 2. The van der Waals surface area contributed by atoms with Crippen molar-refractivity contribution in [1.29, 1.82) is 0 Å². The summed E-state index contributed by atoms with van der Waals surface area (Å²) in [5.74, 6) is -0.481. The van der Waals surface area contributed by atoms with Crippen LogP contribution in [-0.4, -0.2) is 35.6 Å². The lowest BCUT2D eigenvalue weighted by Crippen LogP contribution is -2.47. The summed E-state index contributed by atoms with van der Waals surface area (Å²) in [6.45, 7) is 5.56. The van der Waals surface area contributed by atoms with E-state index in [2.05, 4.69) is 10.6 Å². The maximum absolute atomic E-state index is 12.0. The van der Waals surface area contributed by atoms with Gasteiger partial charge in [0.25, 0.3) is 5.91 Å². The fourth-order valence-corrected chi connectivity index (χ4v) is 1.97. The Kier molecular flexibility index (Phi) is 6.88. The number of rotatable bonds is 7. The van der Waals surface area contributed by atoms with Crippen LogP contribution in [0.25, 0.3) is 0 Å². The second kappa shape index (κ2) is 8.42. The molecule has 0 saturated heterocycles. The first-order valence-corrected chi connectivity index (χ1v) is 7.22. The highest BCUT2D eigenvalue weighted by Crippen LogP contribution is 2.04. The molecular weight excluding hydrogens is 268 g/mol. The molecule has 0 heterocycles. The number of aliphatic hydroxyl groups excluding tert-OH is 1. The Labute approximate surface area is 125 Å². The van der Waals surface area contributed by atoms with Crippen LogP contribution >= 0.6 is 0 Å². The molecule has 0 aliphatic rings. The molecule has 0 radical (unpaired) electrons. The van der Waals surface area contributed by atoms with Gasteiger partial charge in [0.1, 0.15) is 6.04 Å². The predicted molar refractivity (Wildman–Crippen MR) is 82.0 cm³/mol. The van der Waals surface area contributed by atoms with E-state index in [0.717, 1.165) is 5.56 Å². The van der Waals surface area contributed by atoms with E-state index in [-0.39, 0.29) is 24.5 Å². The summed E-state index contributed by atoms with van der Waals surface area (Å²) in [5, 5.41) is 14.3. The van der Waals surface area contributed by atoms with E-state index in [4.69, 9.17) is 5.11 Å². The third-order valence-electron chi connectivity index (χ3n) is 3.21. The summed E-state index contributed by atoms with van der Waals surface area (Å²) in [7, 11) is 0. The maximum Gasteiger partial charge on any atom is 0.251 e. The molecule has 1 aromatic rings. The highest BCUT2D eigenvalue weighted by molar-refractivity contribution is 5.97. The normalized spacial score (nSPS) is 13.3. The van der Waals surface area contributed by atoms with E-state index in [9.17, 15) is 9.59 Å². The van der Waals surface area contributed by atoms with Crippen LogP contribution in [-0.2, 0) is 4.79 Å². The van der Waals surface area contributed by atoms with Crippen molar-refractivity contribution in [3.8, 4) is 0 Å². The van der Waals surface area contributed by atoms with Gasteiger partial charge in [-0.25, -0.2) is 0 Å². The Bertz CT molecular complexity index is 488. The van der Waals surface area contributed by atoms with Gasteiger partial charge >= 0.3 is 0 Å². The van der Waals surface area contributed by atoms with Crippen molar-refractivity contribution in [3.05, 3.63) is 35.4 Å². The molecule has 5 nitrogen and oxygen atoms in total. The molecule has 0 fully saturated rings. The molecule has 21 heavy (non-hydrogen) atoms. The molecule has 0 bridgehead atoms. The Hall–Kier alpha value is -1.88. The molecule has 3 N–H and O–H groups in total. The molecule has 2 amide bonds. The third-order valence-corrected chi connectivity index (χ3v) is 3.21. The van der Waals surface area contributed by atoms with Crippen molar-refractivity contribution in [3.63, 3.8) is 0 Å². The minimum atomic E-state index is -0.602. The van der Waals surface area contributed by atoms with Gasteiger partial charge in [-0.1, -0.05) is 17.7 Å². The zero-order chi connectivity index (χ0) is 15.8. The van der Waals surface area contributed by atoms with Gasteiger partial charge in [0, 0.05) is 18.2 Å². The summed E-state index contributed by atoms with van der Waals surface area (Å²) in [6.07, 6.45) is 1.35. The number of amides is 2. The lowest BCUT2D eigenvalue weighted by Gasteiger charge is -2.18. The molecule has 1 rings (SSSR count). The number of nitrogens with one attached hydrogen (secondary N) is 2. The number of hydrogen-bond acceptors (Lipinski definition) is 3. The molecule has 0 saturated carbocycles. The summed E-state index contributed by atoms with van der Waals surface area (Å²) >= 11 is 0. The van der Waals surface area contributed by atoms with Crippen LogP contribution < -0.4 is 10.6 Å². The van der Waals surface area contributed by atoms with Crippen molar-refractivity contribution in [2.75, 3.05) is 6.61 Å². The van der Waals surface area contributed by atoms with Gasteiger partial charge in [-0.3, -0.25) is 9.59 Å². The molecule has 5 heteroatoms. The van der Waals surface area contributed by atoms with Crippen molar-refractivity contribution in [2.45, 2.75) is 45.7 Å². The number of aliphatic hydroxyl groups is 1. The molecule has 0 aliphatic heterocycles. The second-order valence-electron chi connectivity index (χ2n) is 5.34. The molecule has 116 valence electrons. The topological polar surface area (TPSA) is 78.4 Å². The van der Waals surface area contributed by atoms with E-state index >= 15 is 0 Å². The Morgan fingerprint density at radius 3 is 2.57 bits per heavy atom. The van der Waals surface area contributed by atoms with Crippen LogP contribution in [0, 0.1) is 6.92 Å². The fourth-order valence-electron chi connectivity index (χ4n) is 1.97. The molecule has 2 atom stereocenters. The number of hydrogen-bond donors (Lipinski definition) is 3. The van der Waals surface area contributed by atoms with Gasteiger partial charge in [0.15, 0.2) is 0 Å². The zero-order valence-corrected chi connectivity index (χ0v) is 12.8. The molecule has 0 aromatic heterocycles. The lowest BCUT2D eigenvalue weighted by molar-refractivity contribution is -0.123. The predicted octanol–water partition coefficient (Wildman–Crippen LogP) is 1.39. The van der Waals surface area contributed by atoms with Gasteiger partial charge < -0.3 is 15.7 Å². The number of benzene rings is 1. The fraction of sp³-hybridized carbons (Fsp3) is 0.500. The van der Waals surface area contributed by atoms with Crippen LogP contribution in [0.1, 0.15) is 42.6 Å². The van der Waals surface area contributed by atoms with Gasteiger partial charge in [0.05, 0.1) is 0 Å². The lowest BCUT2D eigenvalue weighted by atomic mass is 10.1. The van der Waals surface area contributed by atoms with Crippen molar-refractivity contribution < 1.29 is 14.7 Å². The van der Waals surface area contributed by atoms with Crippen LogP contribution in [0.5, 0.6) is 0 Å². The van der Waals surface area contributed by atoms with E-state index in [1.54, 1.807) is 19.1 Å². The van der Waals surface area contributed by atoms with E-state index in [0.29, 0.717) is 18.4 Å². The molecule has 2 unspecified atom stereocenters. The molecule has 1 aromatic carbocycles. The van der Waals surface area contributed by atoms with Gasteiger partial charge in [0.2, 0.25) is 5.91 Å². The van der Waals surface area contributed by atoms with Crippen LogP contribution in [0.4, 0.5) is 0 Å². The molecule has 0 aliphatic carbocycles. The Morgan fingerprint density at radius 1 is 1.24 bits per heavy atom. The highest BCUT2D eigenvalue weighted by Gasteiger charge is 2.18. The molecular formula is C16H24N2O3. The summed E-state index contributed by atoms with van der Waals surface area (Å²) < 4.78 is 0. The third kappa shape index (κ3) is 5.95. The second-order valence-corrected chi connectivity index (χ2v) is 5.34. The minimum Gasteiger partial charge on any atom is -0.396 e. The monoisotopic (exact) mass is 292 g/mol. The molecule has 0 spiro atoms. The van der Waals surface area contributed by atoms with Crippen LogP contribution in [0.15, 0.2) is 24.3 Å². The minimum absolute atomic E-state index is 0.0250. The largest absolute Gasteiger partial charge is 0.396 e. The standard InChI is InChI=1S/C16H24N2O3/c1-11-6-4-8-14(10-11)16(21)18-13(3)15(20)17-12(2)7-5-9-19/h4,6,8,10,12-13,19H,5,7,9H2,1-3H3,(H,17,20)(H,18,21). The maximum atomic E-state index is 12.0. The van der Waals surface area contributed by atoms with Crippen molar-refractivity contribution >= 4 is 11.8 Å². The average molecular weight is 292 g/mol. The van der Waals surface area contributed by atoms with E-state index in [1.165, 1.54) is 0 Å². The Balaban J connectivity index is 2.50. The SMILES string of the molecule is Cc1cccc(C(=O)NC(C)C(=O)NC(C)CCCO)c1. The Morgan fingerprint density at radius 2 is 1.95 bits per heavy atom. The van der Waals surface area contributed by atoms with Crippen molar-refractivity contribution in [1.82, 2.24) is 10.6 Å². The highest BCUT2D eigenvalue weighted by atomic mass is 16.3. The summed E-state index contributed by atoms with van der Waals surface area (Å²) in [6, 6.07) is 6.60. The van der Waals surface area contributed by atoms with Gasteiger partial charge in [-0.05, 0) is 45.7 Å². The number of aryl methyl sites for hydroxylation is 1. The quantitative estimate of drug-likeness (QED) is 0.710. The van der Waals surface area contributed by atoms with Crippen LogP contribution in [0.2, 0.25) is 0 Å². The van der Waals surface area contributed by atoms with Gasteiger partial charge in [-0.15, -0.1) is 0 Å². The van der Waals surface area contributed by atoms with E-state index in [1.807, 2.05) is 26.0 Å². The average Bonchev–Trinajstić information content (AvgIpc) is 2.44. The first-order valence-electron chi connectivity index (χ1n) is 7.22. The van der Waals surface area contributed by atoms with Gasteiger partial charge in [-0.2, -0.15) is 0 Å². The van der Waals surface area contributed by atoms with Crippen LogP contribution in [0.3, 0.4) is 0 Å².